The first kappa shape index (κ1) is 13.1. The lowest BCUT2D eigenvalue weighted by atomic mass is 9.94. The van der Waals surface area contributed by atoms with Gasteiger partial charge in [0.15, 0.2) is 0 Å². The summed E-state index contributed by atoms with van der Waals surface area (Å²) in [5, 5.41) is 16.7. The van der Waals surface area contributed by atoms with E-state index >= 15 is 0 Å². The van der Waals surface area contributed by atoms with E-state index in [0.717, 1.165) is 31.5 Å². The van der Waals surface area contributed by atoms with Crippen LogP contribution in [0.15, 0.2) is 12.4 Å². The molecular weight excluding hydrogens is 228 g/mol. The highest BCUT2D eigenvalue weighted by atomic mass is 16.3. The van der Waals surface area contributed by atoms with Crippen molar-refractivity contribution in [3.05, 3.63) is 12.4 Å². The zero-order chi connectivity index (χ0) is 12.8. The lowest BCUT2D eigenvalue weighted by Gasteiger charge is -2.27. The van der Waals surface area contributed by atoms with Gasteiger partial charge in [-0.3, -0.25) is 4.98 Å². The molecule has 1 aliphatic carbocycles. The van der Waals surface area contributed by atoms with Crippen molar-refractivity contribution >= 4 is 11.6 Å². The van der Waals surface area contributed by atoms with E-state index in [1.165, 1.54) is 12.8 Å². The minimum Gasteiger partial charge on any atom is -0.388 e. The van der Waals surface area contributed by atoms with Crippen LogP contribution in [0.3, 0.4) is 0 Å². The fraction of sp³-hybridized carbons (Fsp3) is 0.692. The molecule has 0 amide bonds. The van der Waals surface area contributed by atoms with Gasteiger partial charge in [0, 0.05) is 13.6 Å². The van der Waals surface area contributed by atoms with Crippen molar-refractivity contribution in [1.29, 1.82) is 0 Å². The molecule has 1 saturated carbocycles. The van der Waals surface area contributed by atoms with Crippen LogP contribution in [0.5, 0.6) is 0 Å². The molecule has 100 valence electrons. The van der Waals surface area contributed by atoms with Gasteiger partial charge in [0.25, 0.3) is 0 Å². The zero-order valence-corrected chi connectivity index (χ0v) is 10.9. The Labute approximate surface area is 108 Å². The number of aliphatic hydroxyl groups is 1. The number of nitrogens with zero attached hydrogens (tertiary/aromatic N) is 2. The van der Waals surface area contributed by atoms with Crippen LogP contribution in [0.1, 0.15) is 38.5 Å². The maximum absolute atomic E-state index is 10.5. The maximum Gasteiger partial charge on any atom is 0.147 e. The van der Waals surface area contributed by atoms with E-state index in [4.69, 9.17) is 0 Å². The highest BCUT2D eigenvalue weighted by Gasteiger charge is 2.27. The van der Waals surface area contributed by atoms with Crippen LogP contribution >= 0.6 is 0 Å². The molecule has 18 heavy (non-hydrogen) atoms. The van der Waals surface area contributed by atoms with Gasteiger partial charge in [0.05, 0.1) is 18.0 Å². The second-order valence-electron chi connectivity index (χ2n) is 5.03. The van der Waals surface area contributed by atoms with Crippen LogP contribution in [-0.2, 0) is 0 Å². The summed E-state index contributed by atoms with van der Waals surface area (Å²) in [7, 11) is 1.81. The summed E-state index contributed by atoms with van der Waals surface area (Å²) in [6.45, 7) is 0.550. The van der Waals surface area contributed by atoms with Gasteiger partial charge in [-0.2, -0.15) is 0 Å². The highest BCUT2D eigenvalue weighted by Crippen LogP contribution is 2.27. The Morgan fingerprint density at radius 1 is 1.17 bits per heavy atom. The molecular formula is C13H22N4O. The number of hydrogen-bond donors (Lipinski definition) is 3. The molecule has 5 heteroatoms. The molecule has 0 atom stereocenters. The largest absolute Gasteiger partial charge is 0.388 e. The predicted molar refractivity (Wildman–Crippen MR) is 72.7 cm³/mol. The first-order valence-electron chi connectivity index (χ1n) is 6.68. The number of hydrogen-bond acceptors (Lipinski definition) is 5. The third-order valence-electron chi connectivity index (χ3n) is 3.52. The van der Waals surface area contributed by atoms with Crippen LogP contribution in [-0.4, -0.2) is 34.3 Å². The molecule has 1 fully saturated rings. The Kier molecular flexibility index (Phi) is 4.36. The number of aromatic nitrogens is 2. The van der Waals surface area contributed by atoms with Crippen molar-refractivity contribution < 1.29 is 5.11 Å². The van der Waals surface area contributed by atoms with Crippen molar-refractivity contribution in [2.75, 3.05) is 24.2 Å². The lowest BCUT2D eigenvalue weighted by molar-refractivity contribution is 0.0380. The van der Waals surface area contributed by atoms with Gasteiger partial charge in [-0.25, -0.2) is 4.98 Å². The molecule has 5 nitrogen and oxygen atoms in total. The molecule has 0 bridgehead atoms. The molecule has 0 saturated heterocycles. The Balaban J connectivity index is 1.92. The van der Waals surface area contributed by atoms with Crippen LogP contribution in [0.4, 0.5) is 11.6 Å². The monoisotopic (exact) mass is 250 g/mol. The van der Waals surface area contributed by atoms with Crippen LogP contribution in [0, 0.1) is 0 Å². The number of nitrogens with one attached hydrogen (secondary N) is 2. The molecule has 1 aromatic rings. The van der Waals surface area contributed by atoms with Gasteiger partial charge >= 0.3 is 0 Å². The van der Waals surface area contributed by atoms with E-state index in [9.17, 15) is 5.11 Å². The topological polar surface area (TPSA) is 70.1 Å². The summed E-state index contributed by atoms with van der Waals surface area (Å²) in [6, 6.07) is 0. The van der Waals surface area contributed by atoms with E-state index in [1.54, 1.807) is 12.4 Å². The summed E-state index contributed by atoms with van der Waals surface area (Å²) < 4.78 is 0. The average Bonchev–Trinajstić information content (AvgIpc) is 2.62. The highest BCUT2D eigenvalue weighted by molar-refractivity contribution is 5.41. The van der Waals surface area contributed by atoms with Gasteiger partial charge in [-0.1, -0.05) is 25.7 Å². The predicted octanol–water partition coefficient (Wildman–Crippen LogP) is 2.02. The summed E-state index contributed by atoms with van der Waals surface area (Å²) in [6.07, 6.45) is 9.79. The van der Waals surface area contributed by atoms with E-state index in [-0.39, 0.29) is 0 Å². The minimum absolute atomic E-state index is 0.550. The smallest absolute Gasteiger partial charge is 0.147 e. The van der Waals surface area contributed by atoms with Crippen molar-refractivity contribution in [2.24, 2.45) is 0 Å². The SMILES string of the molecule is CNc1cncc(NCC2(O)CCCCCC2)n1. The van der Waals surface area contributed by atoms with E-state index in [1.807, 2.05) is 7.05 Å². The Morgan fingerprint density at radius 3 is 2.50 bits per heavy atom. The van der Waals surface area contributed by atoms with Gasteiger partial charge in [-0.15, -0.1) is 0 Å². The molecule has 3 N–H and O–H groups in total. The fourth-order valence-corrected chi connectivity index (χ4v) is 2.39. The van der Waals surface area contributed by atoms with Crippen molar-refractivity contribution in [1.82, 2.24) is 9.97 Å². The van der Waals surface area contributed by atoms with Gasteiger partial charge in [0.1, 0.15) is 11.6 Å². The molecule has 1 heterocycles. The third kappa shape index (κ3) is 3.57. The van der Waals surface area contributed by atoms with Crippen molar-refractivity contribution in [2.45, 2.75) is 44.1 Å². The molecule has 0 aliphatic heterocycles. The van der Waals surface area contributed by atoms with Crippen molar-refractivity contribution in [3.8, 4) is 0 Å². The molecule has 1 aliphatic rings. The Bertz CT molecular complexity index is 375. The summed E-state index contributed by atoms with van der Waals surface area (Å²) >= 11 is 0. The molecule has 0 radical (unpaired) electrons. The van der Waals surface area contributed by atoms with E-state index in [2.05, 4.69) is 20.6 Å². The third-order valence-corrected chi connectivity index (χ3v) is 3.52. The first-order valence-corrected chi connectivity index (χ1v) is 6.68. The Hall–Kier alpha value is -1.36. The average molecular weight is 250 g/mol. The minimum atomic E-state index is -0.589. The normalized spacial score (nSPS) is 19.0. The maximum atomic E-state index is 10.5. The molecule has 2 rings (SSSR count). The quantitative estimate of drug-likeness (QED) is 0.713. The number of anilines is 2. The first-order chi connectivity index (χ1) is 8.72. The fourth-order valence-electron chi connectivity index (χ4n) is 2.39. The van der Waals surface area contributed by atoms with Gasteiger partial charge < -0.3 is 15.7 Å². The second kappa shape index (κ2) is 6.00. The van der Waals surface area contributed by atoms with Crippen LogP contribution in [0.25, 0.3) is 0 Å². The molecule has 1 aromatic heterocycles. The number of rotatable bonds is 4. The summed E-state index contributed by atoms with van der Waals surface area (Å²) in [5.74, 6) is 1.44. The van der Waals surface area contributed by atoms with Crippen LogP contribution in [0.2, 0.25) is 0 Å². The Morgan fingerprint density at radius 2 is 1.83 bits per heavy atom. The molecule has 0 aromatic carbocycles. The lowest BCUT2D eigenvalue weighted by Crippen LogP contribution is -2.36. The van der Waals surface area contributed by atoms with Gasteiger partial charge in [-0.05, 0) is 12.8 Å². The zero-order valence-electron chi connectivity index (χ0n) is 10.9. The van der Waals surface area contributed by atoms with Gasteiger partial charge in [0.2, 0.25) is 0 Å². The van der Waals surface area contributed by atoms with E-state index in [0.29, 0.717) is 12.4 Å². The van der Waals surface area contributed by atoms with Crippen LogP contribution < -0.4 is 10.6 Å². The summed E-state index contributed by atoms with van der Waals surface area (Å²) in [4.78, 5) is 8.43. The molecule has 0 spiro atoms. The standard InChI is InChI=1S/C13H22N4O/c1-14-11-8-15-9-12(17-11)16-10-13(18)6-4-2-3-5-7-13/h8-9,18H,2-7,10H2,1H3,(H2,14,16,17). The second-order valence-corrected chi connectivity index (χ2v) is 5.03. The van der Waals surface area contributed by atoms with Crippen molar-refractivity contribution in [3.63, 3.8) is 0 Å². The summed E-state index contributed by atoms with van der Waals surface area (Å²) in [5.41, 5.74) is -0.589. The van der Waals surface area contributed by atoms with E-state index < -0.39 is 5.60 Å². The molecule has 0 unspecified atom stereocenters.